The number of carbonyl (C=O) groups excluding carboxylic acids is 3. The molecular formula is C25H35NO8. The summed E-state index contributed by atoms with van der Waals surface area (Å²) in [5, 5.41) is 15.6. The highest BCUT2D eigenvalue weighted by molar-refractivity contribution is 5.89. The van der Waals surface area contributed by atoms with E-state index in [9.17, 15) is 24.0 Å². The number of esters is 1. The Hall–Kier alpha value is -2.55. The number of hydrogen-bond acceptors (Lipinski definition) is 7. The van der Waals surface area contributed by atoms with Crippen LogP contribution in [0.3, 0.4) is 0 Å². The molecule has 0 bridgehead atoms. The highest BCUT2D eigenvalue weighted by atomic mass is 16.5. The number of aliphatic carboxylic acids is 2. The number of Topliss-reactive ketones (excluding diaryl/α,β-unsaturated/α-hetero) is 2. The zero-order valence-electron chi connectivity index (χ0n) is 19.8. The molecule has 4 fully saturated rings. The minimum absolute atomic E-state index is 0.0153. The summed E-state index contributed by atoms with van der Waals surface area (Å²) in [4.78, 5) is 56.3. The lowest BCUT2D eigenvalue weighted by atomic mass is 9.45. The van der Waals surface area contributed by atoms with Crippen molar-refractivity contribution in [1.29, 1.82) is 0 Å². The number of ketones is 2. The van der Waals surface area contributed by atoms with E-state index in [1.807, 2.05) is 0 Å². The molecular weight excluding hydrogens is 442 g/mol. The molecule has 0 aromatic rings. The van der Waals surface area contributed by atoms with Crippen molar-refractivity contribution in [3.63, 3.8) is 0 Å². The molecule has 9 heteroatoms. The van der Waals surface area contributed by atoms with Crippen LogP contribution in [0.5, 0.6) is 0 Å². The van der Waals surface area contributed by atoms with Gasteiger partial charge in [0.15, 0.2) is 0 Å². The van der Waals surface area contributed by atoms with Gasteiger partial charge in [0.1, 0.15) is 17.7 Å². The van der Waals surface area contributed by atoms with Crippen molar-refractivity contribution in [2.45, 2.75) is 71.3 Å². The molecule has 4 saturated carbocycles. The topological polar surface area (TPSA) is 161 Å². The van der Waals surface area contributed by atoms with Crippen molar-refractivity contribution < 1.29 is 38.9 Å². The lowest BCUT2D eigenvalue weighted by Gasteiger charge is -2.59. The first-order chi connectivity index (χ1) is 15.9. The van der Waals surface area contributed by atoms with Crippen LogP contribution in [-0.2, 0) is 28.7 Å². The lowest BCUT2D eigenvalue weighted by molar-refractivity contribution is -0.169. The van der Waals surface area contributed by atoms with Gasteiger partial charge in [-0.1, -0.05) is 13.8 Å². The van der Waals surface area contributed by atoms with E-state index in [2.05, 4.69) is 13.8 Å². The number of rotatable bonds is 4. The Morgan fingerprint density at radius 2 is 1.68 bits per heavy atom. The normalized spacial score (nSPS) is 38.7. The number of nitrogens with two attached hydrogens (primary N) is 1. The van der Waals surface area contributed by atoms with Gasteiger partial charge in [0.2, 0.25) is 0 Å². The van der Waals surface area contributed by atoms with Gasteiger partial charge in [-0.2, -0.15) is 0 Å². The van der Waals surface area contributed by atoms with Gasteiger partial charge in [-0.05, 0) is 61.7 Å². The summed E-state index contributed by atoms with van der Waals surface area (Å²) in [6, 6.07) is 0. The Bertz CT molecular complexity index is 881. The molecule has 9 nitrogen and oxygen atoms in total. The van der Waals surface area contributed by atoms with Gasteiger partial charge < -0.3 is 20.7 Å². The highest BCUT2D eigenvalue weighted by Gasteiger charge is 2.62. The molecule has 0 aromatic heterocycles. The molecule has 1 unspecified atom stereocenters. The number of fused-ring (bicyclic) bond motifs is 5. The van der Waals surface area contributed by atoms with Crippen LogP contribution in [0.1, 0.15) is 65.2 Å². The fourth-order valence-electron chi connectivity index (χ4n) is 7.26. The second-order valence-corrected chi connectivity index (χ2v) is 10.6. The molecule has 0 radical (unpaired) electrons. The first kappa shape index (κ1) is 26.1. The Balaban J connectivity index is 0.000000350. The van der Waals surface area contributed by atoms with E-state index in [0.717, 1.165) is 32.1 Å². The molecule has 34 heavy (non-hydrogen) atoms. The van der Waals surface area contributed by atoms with Gasteiger partial charge in [-0.25, -0.2) is 9.59 Å². The van der Waals surface area contributed by atoms with Crippen LogP contribution in [0, 0.1) is 34.5 Å². The van der Waals surface area contributed by atoms with Crippen LogP contribution in [0.15, 0.2) is 12.2 Å². The lowest BCUT2D eigenvalue weighted by Crippen LogP contribution is -2.57. The second kappa shape index (κ2) is 9.98. The summed E-state index contributed by atoms with van der Waals surface area (Å²) >= 11 is 0. The molecule has 4 aliphatic rings. The van der Waals surface area contributed by atoms with E-state index < -0.39 is 11.9 Å². The average Bonchev–Trinajstić information content (AvgIpc) is 3.08. The van der Waals surface area contributed by atoms with Crippen molar-refractivity contribution in [2.24, 2.45) is 40.2 Å². The summed E-state index contributed by atoms with van der Waals surface area (Å²) in [5.41, 5.74) is 5.15. The van der Waals surface area contributed by atoms with Crippen molar-refractivity contribution in [2.75, 3.05) is 6.54 Å². The third kappa shape index (κ3) is 4.94. The van der Waals surface area contributed by atoms with E-state index >= 15 is 0 Å². The van der Waals surface area contributed by atoms with Crippen molar-refractivity contribution in [3.8, 4) is 0 Å². The standard InChI is InChI=1S/C21H31NO4.C4H4O4/c1-20-7-5-12(26-19(25)11-22)9-16(20)17(23)10-13-14-3-4-18(24)21(14,2)8-6-15(13)20;5-3(6)1-2-4(7)8/h12-16H,3-11,22H2,1-2H3;1-2H,(H,5,6)(H,7,8)/b;2-1+/t12-,13-,14-,15-,16?,20+,21-;/m0./s1. The number of hydrogen-bond donors (Lipinski definition) is 3. The van der Waals surface area contributed by atoms with E-state index in [1.165, 1.54) is 0 Å². The summed E-state index contributed by atoms with van der Waals surface area (Å²) in [6.45, 7) is 4.32. The Kier molecular flexibility index (Phi) is 7.65. The minimum Gasteiger partial charge on any atom is -0.478 e. The Labute approximate surface area is 199 Å². The first-order valence-corrected chi connectivity index (χ1v) is 12.0. The predicted octanol–water partition coefficient (Wildman–Crippen LogP) is 2.36. The van der Waals surface area contributed by atoms with Crippen LogP contribution < -0.4 is 5.73 Å². The fraction of sp³-hybridized carbons (Fsp3) is 0.720. The van der Waals surface area contributed by atoms with Gasteiger partial charge in [0, 0.05) is 36.3 Å². The average molecular weight is 478 g/mol. The number of ether oxygens (including phenoxy) is 1. The van der Waals surface area contributed by atoms with E-state index in [4.69, 9.17) is 20.7 Å². The molecule has 4 rings (SSSR count). The van der Waals surface area contributed by atoms with Crippen molar-refractivity contribution in [1.82, 2.24) is 0 Å². The van der Waals surface area contributed by atoms with Crippen LogP contribution in [0.25, 0.3) is 0 Å². The molecule has 4 N–H and O–H groups in total. The largest absolute Gasteiger partial charge is 0.478 e. The van der Waals surface area contributed by atoms with E-state index in [-0.39, 0.29) is 35.4 Å². The predicted molar refractivity (Wildman–Crippen MR) is 120 cm³/mol. The second-order valence-electron chi connectivity index (χ2n) is 10.6. The van der Waals surface area contributed by atoms with Gasteiger partial charge in [-0.15, -0.1) is 0 Å². The molecule has 0 amide bonds. The van der Waals surface area contributed by atoms with E-state index in [0.29, 0.717) is 60.7 Å². The SMILES string of the molecule is C[C@]12CC[C@H](OC(=O)CN)CC1C(=O)C[C@@H]1[C@@H]2CC[C@]2(C)C(=O)CC[C@@H]12.O=C(O)/C=C/C(=O)O. The zero-order chi connectivity index (χ0) is 25.3. The molecule has 7 atom stereocenters. The molecule has 4 aliphatic carbocycles. The summed E-state index contributed by atoms with van der Waals surface area (Å²) in [5.74, 6) is -0.920. The van der Waals surface area contributed by atoms with Crippen LogP contribution in [-0.4, -0.2) is 52.3 Å². The van der Waals surface area contributed by atoms with Crippen molar-refractivity contribution in [3.05, 3.63) is 12.2 Å². The summed E-state index contributed by atoms with van der Waals surface area (Å²) in [6.07, 6.45) is 7.60. The third-order valence-electron chi connectivity index (χ3n) is 8.95. The molecule has 0 aliphatic heterocycles. The zero-order valence-corrected chi connectivity index (χ0v) is 19.8. The molecule has 0 saturated heterocycles. The maximum absolute atomic E-state index is 13.1. The fourth-order valence-corrected chi connectivity index (χ4v) is 7.26. The third-order valence-corrected chi connectivity index (χ3v) is 8.95. The Morgan fingerprint density at radius 3 is 2.26 bits per heavy atom. The number of carboxylic acids is 2. The summed E-state index contributed by atoms with van der Waals surface area (Å²) < 4.78 is 5.46. The van der Waals surface area contributed by atoms with Gasteiger partial charge in [0.05, 0.1) is 6.54 Å². The maximum Gasteiger partial charge on any atom is 0.328 e. The Morgan fingerprint density at radius 1 is 1.03 bits per heavy atom. The van der Waals surface area contributed by atoms with Crippen LogP contribution >= 0.6 is 0 Å². The molecule has 188 valence electrons. The molecule has 0 aromatic carbocycles. The van der Waals surface area contributed by atoms with E-state index in [1.54, 1.807) is 0 Å². The summed E-state index contributed by atoms with van der Waals surface area (Å²) in [7, 11) is 0. The van der Waals surface area contributed by atoms with Gasteiger partial charge >= 0.3 is 17.9 Å². The van der Waals surface area contributed by atoms with Crippen LogP contribution in [0.4, 0.5) is 0 Å². The van der Waals surface area contributed by atoms with Gasteiger partial charge in [-0.3, -0.25) is 14.4 Å². The molecule has 0 heterocycles. The monoisotopic (exact) mass is 477 g/mol. The smallest absolute Gasteiger partial charge is 0.328 e. The number of carbonyl (C=O) groups is 5. The maximum atomic E-state index is 13.1. The highest BCUT2D eigenvalue weighted by Crippen LogP contribution is 2.64. The minimum atomic E-state index is -1.26. The quantitative estimate of drug-likeness (QED) is 0.408. The molecule has 0 spiro atoms. The first-order valence-electron chi connectivity index (χ1n) is 12.0. The number of carboxylic acid groups (broad SMARTS) is 2. The van der Waals surface area contributed by atoms with Crippen molar-refractivity contribution >= 4 is 29.5 Å². The van der Waals surface area contributed by atoms with Crippen LogP contribution in [0.2, 0.25) is 0 Å². The van der Waals surface area contributed by atoms with Gasteiger partial charge in [0.25, 0.3) is 0 Å².